The molecule has 0 aliphatic carbocycles. The lowest BCUT2D eigenvalue weighted by Crippen LogP contribution is -2.15. The Morgan fingerprint density at radius 1 is 1.10 bits per heavy atom. The molecule has 1 aromatic heterocycles. The van der Waals surface area contributed by atoms with Crippen molar-refractivity contribution in [2.45, 2.75) is 26.2 Å². The number of nitrogens with one attached hydrogen (secondary N) is 2. The van der Waals surface area contributed by atoms with Gasteiger partial charge in [0.15, 0.2) is 0 Å². The first-order valence-corrected chi connectivity index (χ1v) is 7.07. The minimum Gasteiger partial charge on any atom is -0.508 e. The number of phenolic OH excluding ortho intramolecular Hbond substituents is 1. The summed E-state index contributed by atoms with van der Waals surface area (Å²) in [6, 6.07) is 7.21. The van der Waals surface area contributed by atoms with Crippen molar-refractivity contribution in [1.29, 1.82) is 0 Å². The van der Waals surface area contributed by atoms with E-state index in [0.717, 1.165) is 42.8 Å². The van der Waals surface area contributed by atoms with Crippen molar-refractivity contribution in [2.75, 3.05) is 17.3 Å². The van der Waals surface area contributed by atoms with Crippen LogP contribution in [-0.4, -0.2) is 21.6 Å². The van der Waals surface area contributed by atoms with Crippen molar-refractivity contribution in [3.05, 3.63) is 41.7 Å². The van der Waals surface area contributed by atoms with Crippen LogP contribution in [0.5, 0.6) is 5.75 Å². The minimum absolute atomic E-state index is 0.284. The van der Waals surface area contributed by atoms with Gasteiger partial charge in [-0.1, -0.05) is 25.5 Å². The van der Waals surface area contributed by atoms with Crippen LogP contribution in [0.2, 0.25) is 0 Å². The highest BCUT2D eigenvalue weighted by molar-refractivity contribution is 5.56. The van der Waals surface area contributed by atoms with E-state index in [1.165, 1.54) is 6.33 Å². The van der Waals surface area contributed by atoms with E-state index in [1.54, 1.807) is 12.1 Å². The molecule has 0 aliphatic rings. The minimum atomic E-state index is 0.284. The van der Waals surface area contributed by atoms with Crippen molar-refractivity contribution in [3.63, 3.8) is 0 Å². The van der Waals surface area contributed by atoms with E-state index in [-0.39, 0.29) is 5.75 Å². The number of hydrogen-bond acceptors (Lipinski definition) is 6. The smallest absolute Gasteiger partial charge is 0.148 e. The molecule has 0 spiro atoms. The van der Waals surface area contributed by atoms with E-state index in [1.807, 2.05) is 12.1 Å². The fourth-order valence-electron chi connectivity index (χ4n) is 2.16. The normalized spacial score (nSPS) is 10.4. The van der Waals surface area contributed by atoms with Gasteiger partial charge in [-0.2, -0.15) is 0 Å². The van der Waals surface area contributed by atoms with Crippen LogP contribution in [0.1, 0.15) is 24.5 Å². The van der Waals surface area contributed by atoms with Crippen molar-refractivity contribution >= 4 is 11.6 Å². The van der Waals surface area contributed by atoms with Gasteiger partial charge in [0.05, 0.1) is 0 Å². The third-order valence-corrected chi connectivity index (χ3v) is 3.22. The van der Waals surface area contributed by atoms with E-state index in [9.17, 15) is 5.11 Å². The van der Waals surface area contributed by atoms with Gasteiger partial charge in [0.1, 0.15) is 23.7 Å². The zero-order valence-electron chi connectivity index (χ0n) is 12.1. The van der Waals surface area contributed by atoms with E-state index in [2.05, 4.69) is 27.6 Å². The van der Waals surface area contributed by atoms with Crippen LogP contribution in [0.3, 0.4) is 0 Å². The number of rotatable bonds is 7. The van der Waals surface area contributed by atoms with Crippen molar-refractivity contribution in [3.8, 4) is 5.75 Å². The number of phenols is 1. The number of anilines is 2. The lowest BCUT2D eigenvalue weighted by molar-refractivity contribution is 0.475. The van der Waals surface area contributed by atoms with Gasteiger partial charge in [0, 0.05) is 12.1 Å². The fraction of sp³-hybridized carbons (Fsp3) is 0.333. The highest BCUT2D eigenvalue weighted by Crippen LogP contribution is 2.20. The Kier molecular flexibility index (Phi) is 5.34. The number of nitrogens with zero attached hydrogens (tertiary/aromatic N) is 2. The number of nitrogen functional groups attached to an aromatic ring is 1. The first-order chi connectivity index (χ1) is 10.2. The molecule has 0 saturated heterocycles. The molecule has 0 aliphatic heterocycles. The molecule has 0 atom stereocenters. The summed E-state index contributed by atoms with van der Waals surface area (Å²) in [7, 11) is 0. The summed E-state index contributed by atoms with van der Waals surface area (Å²) in [5, 5.41) is 12.6. The van der Waals surface area contributed by atoms with E-state index < -0.39 is 0 Å². The molecule has 0 fully saturated rings. The first-order valence-electron chi connectivity index (χ1n) is 7.07. The Hall–Kier alpha value is -2.34. The Balaban J connectivity index is 2.00. The zero-order valence-corrected chi connectivity index (χ0v) is 12.1. The Bertz CT molecular complexity index is 571. The molecule has 2 aromatic rings. The summed E-state index contributed by atoms with van der Waals surface area (Å²) in [4.78, 5) is 8.43. The van der Waals surface area contributed by atoms with Gasteiger partial charge in [-0.05, 0) is 30.5 Å². The third-order valence-electron chi connectivity index (χ3n) is 3.22. The van der Waals surface area contributed by atoms with Crippen molar-refractivity contribution in [2.24, 2.45) is 5.84 Å². The summed E-state index contributed by atoms with van der Waals surface area (Å²) in [6.07, 6.45) is 4.20. The summed E-state index contributed by atoms with van der Waals surface area (Å²) < 4.78 is 0. The lowest BCUT2D eigenvalue weighted by Gasteiger charge is -2.13. The molecule has 6 heteroatoms. The fourth-order valence-corrected chi connectivity index (χ4v) is 2.16. The largest absolute Gasteiger partial charge is 0.508 e. The molecular weight excluding hydrogens is 266 g/mol. The number of hydrazine groups is 1. The van der Waals surface area contributed by atoms with Crippen LogP contribution >= 0.6 is 0 Å². The standard InChI is InChI=1S/C15H21N5O/c1-2-3-13-14(18-10-19-15(13)20-16)17-9-8-11-4-6-12(21)7-5-11/h4-7,10,21H,2-3,8-9,16H2,1H3,(H2,17,18,19,20). The Morgan fingerprint density at radius 2 is 1.81 bits per heavy atom. The van der Waals surface area contributed by atoms with Gasteiger partial charge in [0.2, 0.25) is 0 Å². The third kappa shape index (κ3) is 4.06. The molecule has 21 heavy (non-hydrogen) atoms. The number of aromatic hydroxyl groups is 1. The molecule has 0 bridgehead atoms. The molecule has 0 radical (unpaired) electrons. The molecule has 6 nitrogen and oxygen atoms in total. The molecule has 2 rings (SSSR count). The van der Waals surface area contributed by atoms with E-state index in [4.69, 9.17) is 5.84 Å². The van der Waals surface area contributed by atoms with Crippen LogP contribution in [0.4, 0.5) is 11.6 Å². The van der Waals surface area contributed by atoms with Gasteiger partial charge in [-0.25, -0.2) is 15.8 Å². The van der Waals surface area contributed by atoms with Crippen LogP contribution < -0.4 is 16.6 Å². The number of aromatic nitrogens is 2. The lowest BCUT2D eigenvalue weighted by atomic mass is 10.1. The molecule has 0 amide bonds. The van der Waals surface area contributed by atoms with Gasteiger partial charge >= 0.3 is 0 Å². The molecule has 112 valence electrons. The maximum Gasteiger partial charge on any atom is 0.148 e. The number of benzene rings is 1. The van der Waals surface area contributed by atoms with Crippen molar-refractivity contribution < 1.29 is 5.11 Å². The summed E-state index contributed by atoms with van der Waals surface area (Å²) in [5.41, 5.74) is 4.78. The molecule has 1 heterocycles. The average molecular weight is 287 g/mol. The zero-order chi connectivity index (χ0) is 15.1. The highest BCUT2D eigenvalue weighted by Gasteiger charge is 2.09. The predicted octanol–water partition coefficient (Wildman–Crippen LogP) is 2.07. The van der Waals surface area contributed by atoms with Crippen LogP contribution in [-0.2, 0) is 12.8 Å². The van der Waals surface area contributed by atoms with E-state index >= 15 is 0 Å². The van der Waals surface area contributed by atoms with Crippen LogP contribution in [0, 0.1) is 0 Å². The summed E-state index contributed by atoms with van der Waals surface area (Å²) in [6.45, 7) is 2.86. The Labute approximate surface area is 124 Å². The van der Waals surface area contributed by atoms with Crippen LogP contribution in [0.15, 0.2) is 30.6 Å². The molecule has 1 aromatic carbocycles. The SMILES string of the molecule is CCCc1c(NN)ncnc1NCCc1ccc(O)cc1. The van der Waals surface area contributed by atoms with Gasteiger partial charge in [-0.3, -0.25) is 0 Å². The molecular formula is C15H21N5O. The maximum atomic E-state index is 9.26. The topological polar surface area (TPSA) is 96.1 Å². The van der Waals surface area contributed by atoms with Gasteiger partial charge in [0.25, 0.3) is 0 Å². The number of nitrogens with two attached hydrogens (primary N) is 1. The first kappa shape index (κ1) is 15.1. The van der Waals surface area contributed by atoms with Crippen LogP contribution in [0.25, 0.3) is 0 Å². The number of hydrogen-bond donors (Lipinski definition) is 4. The maximum absolute atomic E-state index is 9.26. The second-order valence-electron chi connectivity index (χ2n) is 4.79. The van der Waals surface area contributed by atoms with Gasteiger partial charge in [-0.15, -0.1) is 0 Å². The summed E-state index contributed by atoms with van der Waals surface area (Å²) in [5.74, 6) is 7.26. The second-order valence-corrected chi connectivity index (χ2v) is 4.79. The average Bonchev–Trinajstić information content (AvgIpc) is 2.51. The van der Waals surface area contributed by atoms with Gasteiger partial charge < -0.3 is 15.8 Å². The second kappa shape index (κ2) is 7.44. The summed E-state index contributed by atoms with van der Waals surface area (Å²) >= 11 is 0. The van der Waals surface area contributed by atoms with Crippen molar-refractivity contribution in [1.82, 2.24) is 9.97 Å². The highest BCUT2D eigenvalue weighted by atomic mass is 16.3. The Morgan fingerprint density at radius 3 is 2.48 bits per heavy atom. The molecule has 0 unspecified atom stereocenters. The molecule has 5 N–H and O–H groups in total. The molecule has 0 saturated carbocycles. The monoisotopic (exact) mass is 287 g/mol. The quantitative estimate of drug-likeness (QED) is 0.460. The van der Waals surface area contributed by atoms with E-state index in [0.29, 0.717) is 5.82 Å². The predicted molar refractivity (Wildman–Crippen MR) is 84.1 cm³/mol.